The third-order valence-electron chi connectivity index (χ3n) is 2.79. The second-order valence-electron chi connectivity index (χ2n) is 4.91. The Morgan fingerprint density at radius 3 is 2.79 bits per heavy atom. The Hall–Kier alpha value is -1.55. The van der Waals surface area contributed by atoms with Crippen LogP contribution in [0.25, 0.3) is 0 Å². The van der Waals surface area contributed by atoms with Crippen LogP contribution in [0, 0.1) is 6.92 Å². The van der Waals surface area contributed by atoms with Crippen molar-refractivity contribution >= 4 is 11.8 Å². The Labute approximate surface area is 117 Å². The summed E-state index contributed by atoms with van der Waals surface area (Å²) < 4.78 is 0. The van der Waals surface area contributed by atoms with Crippen molar-refractivity contribution < 1.29 is 0 Å². The van der Waals surface area contributed by atoms with E-state index in [2.05, 4.69) is 35.1 Å². The quantitative estimate of drug-likeness (QED) is 0.685. The van der Waals surface area contributed by atoms with E-state index in [1.807, 2.05) is 19.9 Å². The molecule has 0 aliphatic rings. The van der Waals surface area contributed by atoms with Gasteiger partial charge in [-0.05, 0) is 18.4 Å². The molecule has 0 saturated carbocycles. The van der Waals surface area contributed by atoms with E-state index in [1.165, 1.54) is 11.1 Å². The smallest absolute Gasteiger partial charge is 0.251 e. The first-order chi connectivity index (χ1) is 9.04. The van der Waals surface area contributed by atoms with Gasteiger partial charge < -0.3 is 4.98 Å². The molecule has 1 aromatic carbocycles. The van der Waals surface area contributed by atoms with Crippen LogP contribution in [0.2, 0.25) is 0 Å². The van der Waals surface area contributed by atoms with Gasteiger partial charge in [-0.25, -0.2) is 4.98 Å². The van der Waals surface area contributed by atoms with Crippen molar-refractivity contribution in [3.63, 3.8) is 0 Å². The molecule has 1 heterocycles. The molecule has 0 radical (unpaired) electrons. The summed E-state index contributed by atoms with van der Waals surface area (Å²) in [5.74, 6) is 1.08. The molecule has 0 unspecified atom stereocenters. The predicted octanol–water partition coefficient (Wildman–Crippen LogP) is 3.49. The highest BCUT2D eigenvalue weighted by atomic mass is 32.2. The fourth-order valence-corrected chi connectivity index (χ4v) is 2.60. The lowest BCUT2D eigenvalue weighted by atomic mass is 10.1. The summed E-state index contributed by atoms with van der Waals surface area (Å²) >= 11 is 1.56. The van der Waals surface area contributed by atoms with Crippen LogP contribution in [0.1, 0.15) is 36.6 Å². The molecule has 0 fully saturated rings. The van der Waals surface area contributed by atoms with Crippen molar-refractivity contribution in [2.75, 3.05) is 0 Å². The molecule has 3 nitrogen and oxygen atoms in total. The maximum absolute atomic E-state index is 11.6. The fourth-order valence-electron chi connectivity index (χ4n) is 1.77. The second kappa shape index (κ2) is 6.06. The van der Waals surface area contributed by atoms with Gasteiger partial charge in [0.25, 0.3) is 5.56 Å². The highest BCUT2D eigenvalue weighted by molar-refractivity contribution is 7.98. The normalized spacial score (nSPS) is 10.9. The summed E-state index contributed by atoms with van der Waals surface area (Å²) in [4.78, 5) is 18.8. The van der Waals surface area contributed by atoms with Crippen LogP contribution in [-0.4, -0.2) is 9.97 Å². The number of nitrogens with zero attached hydrogens (tertiary/aromatic N) is 1. The van der Waals surface area contributed by atoms with Gasteiger partial charge in [0.15, 0.2) is 5.16 Å². The van der Waals surface area contributed by atoms with Crippen molar-refractivity contribution in [2.45, 2.75) is 37.6 Å². The number of nitrogens with one attached hydrogen (secondary N) is 1. The van der Waals surface area contributed by atoms with Gasteiger partial charge in [0.05, 0.1) is 5.69 Å². The van der Waals surface area contributed by atoms with E-state index in [4.69, 9.17) is 0 Å². The summed E-state index contributed by atoms with van der Waals surface area (Å²) in [7, 11) is 0. The number of hydrogen-bond donors (Lipinski definition) is 1. The summed E-state index contributed by atoms with van der Waals surface area (Å²) in [6.45, 7) is 6.15. The van der Waals surface area contributed by atoms with Gasteiger partial charge in [-0.1, -0.05) is 55.4 Å². The highest BCUT2D eigenvalue weighted by Crippen LogP contribution is 2.20. The topological polar surface area (TPSA) is 45.8 Å². The standard InChI is InChI=1S/C15H18N2OS/c1-10(2)13-8-14(18)17-15(16-13)19-9-12-6-4-5-11(3)7-12/h4-8,10H,9H2,1-3H3,(H,16,17,18). The van der Waals surface area contributed by atoms with Gasteiger partial charge in [0, 0.05) is 11.8 Å². The molecular weight excluding hydrogens is 256 g/mol. The minimum Gasteiger partial charge on any atom is -0.301 e. The van der Waals surface area contributed by atoms with E-state index in [-0.39, 0.29) is 11.5 Å². The van der Waals surface area contributed by atoms with Crippen molar-refractivity contribution in [3.05, 3.63) is 57.5 Å². The number of rotatable bonds is 4. The zero-order valence-electron chi connectivity index (χ0n) is 11.4. The molecule has 2 aromatic rings. The predicted molar refractivity (Wildman–Crippen MR) is 79.7 cm³/mol. The number of H-pyrrole nitrogens is 1. The molecule has 0 atom stereocenters. The number of aromatic nitrogens is 2. The zero-order chi connectivity index (χ0) is 13.8. The second-order valence-corrected chi connectivity index (χ2v) is 5.87. The van der Waals surface area contributed by atoms with Gasteiger partial charge >= 0.3 is 0 Å². The molecule has 1 aromatic heterocycles. The summed E-state index contributed by atoms with van der Waals surface area (Å²) in [5.41, 5.74) is 3.25. The molecule has 0 bridgehead atoms. The lowest BCUT2D eigenvalue weighted by molar-refractivity contribution is 0.769. The minimum atomic E-state index is -0.0783. The van der Waals surface area contributed by atoms with Crippen molar-refractivity contribution in [1.29, 1.82) is 0 Å². The third-order valence-corrected chi connectivity index (χ3v) is 3.73. The zero-order valence-corrected chi connectivity index (χ0v) is 12.3. The van der Waals surface area contributed by atoms with Crippen LogP contribution in [-0.2, 0) is 5.75 Å². The molecule has 0 aliphatic carbocycles. The number of thioether (sulfide) groups is 1. The Kier molecular flexibility index (Phi) is 4.43. The molecule has 4 heteroatoms. The van der Waals surface area contributed by atoms with Gasteiger partial charge in [-0.2, -0.15) is 0 Å². The molecular formula is C15H18N2OS. The average molecular weight is 274 g/mol. The van der Waals surface area contributed by atoms with Crippen molar-refractivity contribution in [3.8, 4) is 0 Å². The van der Waals surface area contributed by atoms with Gasteiger partial charge in [-0.15, -0.1) is 0 Å². The Morgan fingerprint density at radius 2 is 2.11 bits per heavy atom. The molecule has 2 rings (SSSR count). The van der Waals surface area contributed by atoms with Crippen LogP contribution in [0.15, 0.2) is 40.3 Å². The maximum Gasteiger partial charge on any atom is 0.251 e. The van der Waals surface area contributed by atoms with E-state index in [9.17, 15) is 4.79 Å². The minimum absolute atomic E-state index is 0.0783. The monoisotopic (exact) mass is 274 g/mol. The summed E-state index contributed by atoms with van der Waals surface area (Å²) in [6, 6.07) is 9.93. The van der Waals surface area contributed by atoms with Crippen LogP contribution in [0.3, 0.4) is 0 Å². The number of benzene rings is 1. The third kappa shape index (κ3) is 3.96. The lowest BCUT2D eigenvalue weighted by Crippen LogP contribution is -2.10. The summed E-state index contributed by atoms with van der Waals surface area (Å²) in [6.07, 6.45) is 0. The van der Waals surface area contributed by atoms with E-state index in [0.717, 1.165) is 11.4 Å². The van der Waals surface area contributed by atoms with Crippen molar-refractivity contribution in [2.24, 2.45) is 0 Å². The Bertz CT molecular complexity index is 620. The van der Waals surface area contributed by atoms with E-state index in [0.29, 0.717) is 5.16 Å². The van der Waals surface area contributed by atoms with Crippen LogP contribution >= 0.6 is 11.8 Å². The molecule has 19 heavy (non-hydrogen) atoms. The molecule has 100 valence electrons. The van der Waals surface area contributed by atoms with E-state index in [1.54, 1.807) is 17.8 Å². The van der Waals surface area contributed by atoms with Gasteiger partial charge in [-0.3, -0.25) is 4.79 Å². The van der Waals surface area contributed by atoms with Crippen LogP contribution in [0.4, 0.5) is 0 Å². The van der Waals surface area contributed by atoms with Crippen LogP contribution < -0.4 is 5.56 Å². The maximum atomic E-state index is 11.6. The molecule has 0 saturated heterocycles. The Balaban J connectivity index is 2.13. The number of aryl methyl sites for hydroxylation is 1. The number of hydrogen-bond acceptors (Lipinski definition) is 3. The molecule has 1 N–H and O–H groups in total. The van der Waals surface area contributed by atoms with Crippen molar-refractivity contribution in [1.82, 2.24) is 9.97 Å². The van der Waals surface area contributed by atoms with E-state index < -0.39 is 0 Å². The molecule has 0 spiro atoms. The lowest BCUT2D eigenvalue weighted by Gasteiger charge is -2.06. The van der Waals surface area contributed by atoms with Crippen LogP contribution in [0.5, 0.6) is 0 Å². The SMILES string of the molecule is Cc1cccc(CSc2nc(C(C)C)cc(=O)[nH]2)c1. The molecule has 0 amide bonds. The first kappa shape index (κ1) is 13.9. The summed E-state index contributed by atoms with van der Waals surface area (Å²) in [5, 5.41) is 0.692. The molecule has 0 aliphatic heterocycles. The van der Waals surface area contributed by atoms with Gasteiger partial charge in [0.1, 0.15) is 0 Å². The van der Waals surface area contributed by atoms with E-state index >= 15 is 0 Å². The first-order valence-corrected chi connectivity index (χ1v) is 7.33. The number of aromatic amines is 1. The Morgan fingerprint density at radius 1 is 1.32 bits per heavy atom. The van der Waals surface area contributed by atoms with Gasteiger partial charge in [0.2, 0.25) is 0 Å². The average Bonchev–Trinajstić information content (AvgIpc) is 2.36. The first-order valence-electron chi connectivity index (χ1n) is 6.34. The largest absolute Gasteiger partial charge is 0.301 e. The fraction of sp³-hybridized carbons (Fsp3) is 0.333. The highest BCUT2D eigenvalue weighted by Gasteiger charge is 2.06.